The van der Waals surface area contributed by atoms with Crippen LogP contribution in [0.1, 0.15) is 25.0 Å². The fourth-order valence-electron chi connectivity index (χ4n) is 3.27. The van der Waals surface area contributed by atoms with Crippen LogP contribution in [0.25, 0.3) is 16.9 Å². The van der Waals surface area contributed by atoms with Crippen LogP contribution in [-0.2, 0) is 4.74 Å². The lowest BCUT2D eigenvalue weighted by atomic mass is 10.3. The zero-order valence-electron chi connectivity index (χ0n) is 14.6. The Balaban J connectivity index is 1.86. The third-order valence-corrected chi connectivity index (χ3v) is 4.39. The van der Waals surface area contributed by atoms with Crippen molar-refractivity contribution in [1.82, 2.24) is 19.5 Å². The molecule has 0 spiro atoms. The zero-order valence-corrected chi connectivity index (χ0v) is 14.6. The average molecular weight is 359 g/mol. The molecule has 0 radical (unpaired) electrons. The largest absolute Gasteiger partial charge is 0.375 e. The maximum atomic E-state index is 13.6. The first-order chi connectivity index (χ1) is 12.5. The molecule has 1 atom stereocenters. The van der Waals surface area contributed by atoms with E-state index in [0.29, 0.717) is 48.2 Å². The summed E-state index contributed by atoms with van der Waals surface area (Å²) in [6.07, 6.45) is -2.61. The van der Waals surface area contributed by atoms with Crippen molar-refractivity contribution >= 4 is 16.9 Å². The summed E-state index contributed by atoms with van der Waals surface area (Å²) in [4.78, 5) is 15.1. The average Bonchev–Trinajstić information content (AvgIpc) is 3.01. The number of morpholine rings is 1. The molecule has 1 aliphatic heterocycles. The molecule has 136 valence electrons. The molecule has 1 saturated heterocycles. The summed E-state index contributed by atoms with van der Waals surface area (Å²) in [5.74, 6) is 1.32. The van der Waals surface area contributed by atoms with Gasteiger partial charge in [0.1, 0.15) is 17.5 Å². The fraction of sp³-hybridized carbons (Fsp3) is 0.389. The number of hydrogen-bond donors (Lipinski definition) is 0. The number of aromatic nitrogens is 4. The Morgan fingerprint density at radius 3 is 2.69 bits per heavy atom. The Morgan fingerprint density at radius 2 is 1.92 bits per heavy atom. The van der Waals surface area contributed by atoms with Crippen LogP contribution in [0, 0.1) is 6.92 Å². The Morgan fingerprint density at radius 1 is 1.15 bits per heavy atom. The topological polar surface area (TPSA) is 56.1 Å². The van der Waals surface area contributed by atoms with Crippen molar-refractivity contribution < 1.29 is 13.5 Å². The van der Waals surface area contributed by atoms with E-state index < -0.39 is 6.43 Å². The van der Waals surface area contributed by atoms with Gasteiger partial charge in [0.25, 0.3) is 6.43 Å². The number of aryl methyl sites for hydroxylation is 1. The number of halogens is 2. The number of ether oxygens (including phenoxy) is 1. The van der Waals surface area contributed by atoms with Crippen LogP contribution in [0.2, 0.25) is 0 Å². The molecule has 0 N–H and O–H groups in total. The van der Waals surface area contributed by atoms with E-state index in [9.17, 15) is 8.78 Å². The summed E-state index contributed by atoms with van der Waals surface area (Å²) < 4.78 is 34.2. The highest BCUT2D eigenvalue weighted by atomic mass is 19.3. The van der Waals surface area contributed by atoms with E-state index in [4.69, 9.17) is 4.74 Å². The fourth-order valence-corrected chi connectivity index (χ4v) is 3.27. The van der Waals surface area contributed by atoms with Gasteiger partial charge in [0, 0.05) is 19.2 Å². The van der Waals surface area contributed by atoms with Crippen molar-refractivity contribution in [2.45, 2.75) is 26.4 Å². The summed E-state index contributed by atoms with van der Waals surface area (Å²) in [6, 6.07) is 8.80. The molecule has 1 aliphatic rings. The summed E-state index contributed by atoms with van der Waals surface area (Å²) in [5.41, 5.74) is 1.11. The van der Waals surface area contributed by atoms with E-state index in [1.165, 1.54) is 4.57 Å². The molecule has 1 fully saturated rings. The van der Waals surface area contributed by atoms with Crippen molar-refractivity contribution in [3.8, 4) is 5.82 Å². The summed E-state index contributed by atoms with van der Waals surface area (Å²) in [7, 11) is 0. The Labute approximate surface area is 149 Å². The Kier molecular flexibility index (Phi) is 4.28. The molecule has 8 heteroatoms. The Bertz CT molecular complexity index is 942. The predicted molar refractivity (Wildman–Crippen MR) is 94.0 cm³/mol. The molecule has 0 saturated carbocycles. The van der Waals surface area contributed by atoms with Gasteiger partial charge in [-0.3, -0.25) is 4.57 Å². The number of anilines is 1. The van der Waals surface area contributed by atoms with Gasteiger partial charge < -0.3 is 9.64 Å². The maximum absolute atomic E-state index is 13.6. The van der Waals surface area contributed by atoms with Gasteiger partial charge in [-0.1, -0.05) is 12.1 Å². The molecule has 6 nitrogen and oxygen atoms in total. The highest BCUT2D eigenvalue weighted by molar-refractivity contribution is 5.78. The number of hydrogen-bond acceptors (Lipinski definition) is 5. The minimum Gasteiger partial charge on any atom is -0.375 e. The number of imidazole rings is 1. The summed E-state index contributed by atoms with van der Waals surface area (Å²) in [5, 5.41) is 0. The second-order valence-electron chi connectivity index (χ2n) is 6.35. The van der Waals surface area contributed by atoms with Crippen molar-refractivity contribution in [3.05, 3.63) is 42.0 Å². The molecule has 1 unspecified atom stereocenters. The lowest BCUT2D eigenvalue weighted by Crippen LogP contribution is -2.41. The predicted octanol–water partition coefficient (Wildman–Crippen LogP) is 3.29. The molecule has 1 aromatic carbocycles. The number of rotatable bonds is 3. The van der Waals surface area contributed by atoms with Gasteiger partial charge in [0.05, 0.1) is 23.7 Å². The van der Waals surface area contributed by atoms with Crippen LogP contribution in [0.3, 0.4) is 0 Å². The molecular weight excluding hydrogens is 340 g/mol. The number of alkyl halides is 2. The van der Waals surface area contributed by atoms with Gasteiger partial charge in [-0.15, -0.1) is 0 Å². The summed E-state index contributed by atoms with van der Waals surface area (Å²) >= 11 is 0. The normalized spacial score (nSPS) is 18.0. The van der Waals surface area contributed by atoms with Crippen molar-refractivity contribution in [2.75, 3.05) is 24.6 Å². The first-order valence-electron chi connectivity index (χ1n) is 8.51. The molecule has 0 aliphatic carbocycles. The SMILES string of the molecule is Cc1nc(N2CCOC(C)C2)cc(-n2c(C(F)F)nc3ccccc32)n1. The second-order valence-corrected chi connectivity index (χ2v) is 6.35. The monoisotopic (exact) mass is 359 g/mol. The first kappa shape index (κ1) is 16.8. The number of para-hydroxylation sites is 2. The molecule has 3 heterocycles. The minimum absolute atomic E-state index is 0.0909. The molecular formula is C18H19F2N5O. The van der Waals surface area contributed by atoms with E-state index in [0.717, 1.165) is 0 Å². The molecule has 0 bridgehead atoms. The van der Waals surface area contributed by atoms with Crippen molar-refractivity contribution in [3.63, 3.8) is 0 Å². The zero-order chi connectivity index (χ0) is 18.3. The van der Waals surface area contributed by atoms with Gasteiger partial charge in [0.2, 0.25) is 0 Å². The van der Waals surface area contributed by atoms with Crippen LogP contribution >= 0.6 is 0 Å². The lowest BCUT2D eigenvalue weighted by molar-refractivity contribution is 0.0529. The molecule has 3 aromatic rings. The van der Waals surface area contributed by atoms with Crippen LogP contribution in [0.5, 0.6) is 0 Å². The van der Waals surface area contributed by atoms with Crippen molar-refractivity contribution in [2.24, 2.45) is 0 Å². The van der Waals surface area contributed by atoms with Gasteiger partial charge in [-0.25, -0.2) is 23.7 Å². The number of nitrogens with zero attached hydrogens (tertiary/aromatic N) is 5. The van der Waals surface area contributed by atoms with E-state index in [2.05, 4.69) is 19.9 Å². The number of benzene rings is 1. The molecule has 0 amide bonds. The quantitative estimate of drug-likeness (QED) is 0.718. The van der Waals surface area contributed by atoms with Crippen LogP contribution < -0.4 is 4.90 Å². The molecule has 26 heavy (non-hydrogen) atoms. The van der Waals surface area contributed by atoms with Crippen LogP contribution in [-0.4, -0.2) is 45.3 Å². The highest BCUT2D eigenvalue weighted by Gasteiger charge is 2.23. The van der Waals surface area contributed by atoms with Crippen LogP contribution in [0.15, 0.2) is 30.3 Å². The molecule has 2 aromatic heterocycles. The third-order valence-electron chi connectivity index (χ3n) is 4.39. The van der Waals surface area contributed by atoms with Crippen LogP contribution in [0.4, 0.5) is 14.6 Å². The van der Waals surface area contributed by atoms with E-state index in [1.807, 2.05) is 6.92 Å². The minimum atomic E-state index is -2.70. The van der Waals surface area contributed by atoms with E-state index >= 15 is 0 Å². The number of fused-ring (bicyclic) bond motifs is 1. The highest BCUT2D eigenvalue weighted by Crippen LogP contribution is 2.28. The van der Waals surface area contributed by atoms with Gasteiger partial charge >= 0.3 is 0 Å². The first-order valence-corrected chi connectivity index (χ1v) is 8.51. The molecule has 4 rings (SSSR count). The van der Waals surface area contributed by atoms with Gasteiger partial charge in [0.15, 0.2) is 5.82 Å². The van der Waals surface area contributed by atoms with Crippen molar-refractivity contribution in [1.29, 1.82) is 0 Å². The third kappa shape index (κ3) is 3.01. The lowest BCUT2D eigenvalue weighted by Gasteiger charge is -2.32. The smallest absolute Gasteiger partial charge is 0.296 e. The summed E-state index contributed by atoms with van der Waals surface area (Å²) in [6.45, 7) is 5.77. The van der Waals surface area contributed by atoms with Gasteiger partial charge in [-0.2, -0.15) is 0 Å². The van der Waals surface area contributed by atoms with Gasteiger partial charge in [-0.05, 0) is 26.0 Å². The maximum Gasteiger partial charge on any atom is 0.296 e. The van der Waals surface area contributed by atoms with E-state index in [1.54, 1.807) is 37.3 Å². The standard InChI is InChI=1S/C18H19F2N5O/c1-11-10-24(7-8-26-11)15-9-16(22-12(2)21-15)25-14-6-4-3-5-13(14)23-18(25)17(19)20/h3-6,9,11,17H,7-8,10H2,1-2H3. The second kappa shape index (κ2) is 6.60. The van der Waals surface area contributed by atoms with E-state index in [-0.39, 0.29) is 11.9 Å². The Hall–Kier alpha value is -2.61.